The fraction of sp³-hybridized carbons (Fsp3) is 0.273. The van der Waals surface area contributed by atoms with E-state index >= 15 is 0 Å². The van der Waals surface area contributed by atoms with E-state index in [0.717, 1.165) is 4.90 Å². The number of carboxylic acids is 1. The first-order valence-electron chi connectivity index (χ1n) is 5.36. The molecule has 1 amide bonds. The van der Waals surface area contributed by atoms with Crippen LogP contribution in [0, 0.1) is 0 Å². The first-order valence-corrected chi connectivity index (χ1v) is 6.41. The number of β-lactam (4-membered cyclic amide) rings is 1. The zero-order valence-electron chi connectivity index (χ0n) is 9.37. The predicted octanol–water partition coefficient (Wildman–Crippen LogP) is -0.911. The van der Waals surface area contributed by atoms with Gasteiger partial charge in [-0.3, -0.25) is 19.3 Å². The minimum Gasteiger partial charge on any atom is -0.503 e. The molecular formula is C11H7NO6S. The molecule has 98 valence electrons. The Bertz CT molecular complexity index is 726. The summed E-state index contributed by atoms with van der Waals surface area (Å²) >= 11 is 1.30. The quantitative estimate of drug-likeness (QED) is 0.533. The Kier molecular flexibility index (Phi) is 2.33. The number of carbonyl (C=O) groups excluding carboxylic acids is 1. The number of carboxylic acid groups (broad SMARTS) is 1. The lowest BCUT2D eigenvalue weighted by Crippen LogP contribution is -2.54. The number of aromatic hydroxyl groups is 1. The smallest absolute Gasteiger partial charge is 0.352 e. The molecule has 2 aliphatic heterocycles. The first kappa shape index (κ1) is 12.0. The lowest BCUT2D eigenvalue weighted by Gasteiger charge is -2.44. The number of aliphatic carboxylic acids is 1. The second-order valence-corrected chi connectivity index (χ2v) is 5.41. The largest absolute Gasteiger partial charge is 0.503 e. The molecule has 19 heavy (non-hydrogen) atoms. The van der Waals surface area contributed by atoms with Crippen molar-refractivity contribution in [1.29, 1.82) is 0 Å². The highest BCUT2D eigenvalue weighted by Gasteiger charge is 2.46. The van der Waals surface area contributed by atoms with Gasteiger partial charge in [0.05, 0.1) is 17.4 Å². The summed E-state index contributed by atoms with van der Waals surface area (Å²) in [5.41, 5.74) is -2.45. The van der Waals surface area contributed by atoms with Crippen LogP contribution in [0.15, 0.2) is 15.3 Å². The van der Waals surface area contributed by atoms with Gasteiger partial charge in [-0.2, -0.15) is 0 Å². The summed E-state index contributed by atoms with van der Waals surface area (Å²) in [4.78, 5) is 46.3. The minimum absolute atomic E-state index is 0.0453. The molecule has 2 aliphatic rings. The molecule has 1 aromatic rings. The summed E-state index contributed by atoms with van der Waals surface area (Å²) in [6.45, 7) is 0. The second kappa shape index (κ2) is 3.70. The van der Waals surface area contributed by atoms with Gasteiger partial charge in [-0.15, -0.1) is 11.8 Å². The number of carbonyl (C=O) groups is 2. The van der Waals surface area contributed by atoms with Crippen molar-refractivity contribution in [2.75, 3.05) is 5.75 Å². The number of hydrogen-bond donors (Lipinski definition) is 2. The molecule has 2 N–H and O–H groups in total. The third kappa shape index (κ3) is 1.40. The van der Waals surface area contributed by atoms with Crippen molar-refractivity contribution in [3.05, 3.63) is 31.7 Å². The van der Waals surface area contributed by atoms with Crippen LogP contribution in [0.1, 0.15) is 12.0 Å². The van der Waals surface area contributed by atoms with Crippen LogP contribution < -0.4 is 10.9 Å². The number of rotatable bonds is 2. The van der Waals surface area contributed by atoms with Gasteiger partial charge in [0, 0.05) is 11.3 Å². The third-order valence-corrected chi connectivity index (χ3v) is 4.46. The van der Waals surface area contributed by atoms with Crippen molar-refractivity contribution in [2.45, 2.75) is 11.8 Å². The number of nitrogens with zero attached hydrogens (tertiary/aromatic N) is 1. The molecule has 0 radical (unpaired) electrons. The van der Waals surface area contributed by atoms with Crippen LogP contribution in [0.2, 0.25) is 0 Å². The standard InChI is InChI=1S/C11H7NO6S/c13-4-1-5-12(4)7(11(17)18)3(2-19-5)6-8(14)10(16)9(6)15/h5,14H,1-2H2,(H,17,18)/t5-/m0/s1. The van der Waals surface area contributed by atoms with Crippen molar-refractivity contribution < 1.29 is 19.8 Å². The molecule has 1 saturated heterocycles. The van der Waals surface area contributed by atoms with Gasteiger partial charge in [0.15, 0.2) is 5.75 Å². The van der Waals surface area contributed by atoms with E-state index in [1.54, 1.807) is 0 Å². The van der Waals surface area contributed by atoms with Crippen LogP contribution in [0.25, 0.3) is 5.57 Å². The molecule has 1 fully saturated rings. The van der Waals surface area contributed by atoms with E-state index in [2.05, 4.69) is 0 Å². The van der Waals surface area contributed by atoms with Crippen molar-refractivity contribution in [2.24, 2.45) is 0 Å². The van der Waals surface area contributed by atoms with Gasteiger partial charge in [-0.05, 0) is 0 Å². The Morgan fingerprint density at radius 2 is 1.95 bits per heavy atom. The van der Waals surface area contributed by atoms with Gasteiger partial charge in [-0.25, -0.2) is 4.79 Å². The Hall–Kier alpha value is -2.09. The van der Waals surface area contributed by atoms with Crippen molar-refractivity contribution >= 4 is 29.2 Å². The third-order valence-electron chi connectivity index (χ3n) is 3.24. The molecule has 2 heterocycles. The van der Waals surface area contributed by atoms with Crippen LogP contribution in [0.5, 0.6) is 5.75 Å². The van der Waals surface area contributed by atoms with Crippen molar-refractivity contribution in [1.82, 2.24) is 4.90 Å². The summed E-state index contributed by atoms with van der Waals surface area (Å²) in [6, 6.07) is 0. The van der Waals surface area contributed by atoms with E-state index in [9.17, 15) is 29.4 Å². The molecule has 0 spiro atoms. The molecule has 8 heteroatoms. The Balaban J connectivity index is 2.19. The lowest BCUT2D eigenvalue weighted by atomic mass is 9.97. The summed E-state index contributed by atoms with van der Waals surface area (Å²) in [6.07, 6.45) is 0.257. The Morgan fingerprint density at radius 1 is 1.26 bits per heavy atom. The van der Waals surface area contributed by atoms with Gasteiger partial charge in [0.2, 0.25) is 11.3 Å². The highest BCUT2D eigenvalue weighted by atomic mass is 32.2. The number of thioether (sulfide) groups is 1. The van der Waals surface area contributed by atoms with Crippen molar-refractivity contribution in [3.63, 3.8) is 0 Å². The van der Waals surface area contributed by atoms with Gasteiger partial charge in [0.25, 0.3) is 5.43 Å². The van der Waals surface area contributed by atoms with Gasteiger partial charge < -0.3 is 10.2 Å². The van der Waals surface area contributed by atoms with Gasteiger partial charge in [0.1, 0.15) is 5.70 Å². The maximum Gasteiger partial charge on any atom is 0.352 e. The average molecular weight is 281 g/mol. The molecule has 0 saturated carbocycles. The number of hydrogen-bond acceptors (Lipinski definition) is 6. The molecule has 0 unspecified atom stereocenters. The highest BCUT2D eigenvalue weighted by Crippen LogP contribution is 2.43. The monoisotopic (exact) mass is 281 g/mol. The summed E-state index contributed by atoms with van der Waals surface area (Å²) in [5, 5.41) is 18.4. The zero-order valence-corrected chi connectivity index (χ0v) is 10.2. The highest BCUT2D eigenvalue weighted by molar-refractivity contribution is 8.00. The normalized spacial score (nSPS) is 22.4. The summed E-state index contributed by atoms with van der Waals surface area (Å²) in [5.74, 6) is -2.23. The molecular weight excluding hydrogens is 274 g/mol. The van der Waals surface area contributed by atoms with Crippen LogP contribution in [-0.4, -0.2) is 38.1 Å². The molecule has 7 nitrogen and oxygen atoms in total. The Labute approximate surface area is 109 Å². The van der Waals surface area contributed by atoms with E-state index in [1.807, 2.05) is 0 Å². The van der Waals surface area contributed by atoms with E-state index in [-0.39, 0.29) is 40.3 Å². The summed E-state index contributed by atoms with van der Waals surface area (Å²) in [7, 11) is 0. The van der Waals surface area contributed by atoms with E-state index in [4.69, 9.17) is 0 Å². The SMILES string of the molecule is O=C(O)C1=C(c2c(O)c(=O)c2=O)CS[C@H]2CC(=O)N12. The molecule has 0 aliphatic carbocycles. The molecule has 0 aromatic heterocycles. The van der Waals surface area contributed by atoms with Crippen LogP contribution in [0.4, 0.5) is 0 Å². The lowest BCUT2D eigenvalue weighted by molar-refractivity contribution is -0.145. The fourth-order valence-corrected chi connectivity index (χ4v) is 3.54. The number of fused-ring (bicyclic) bond motifs is 1. The van der Waals surface area contributed by atoms with Crippen LogP contribution in [0.3, 0.4) is 0 Å². The fourth-order valence-electron chi connectivity index (χ4n) is 2.26. The first-order chi connectivity index (χ1) is 8.93. The van der Waals surface area contributed by atoms with Gasteiger partial charge >= 0.3 is 5.97 Å². The van der Waals surface area contributed by atoms with E-state index in [0.29, 0.717) is 0 Å². The minimum atomic E-state index is -1.35. The second-order valence-electron chi connectivity index (χ2n) is 4.25. The molecule has 3 rings (SSSR count). The Morgan fingerprint density at radius 3 is 2.47 bits per heavy atom. The van der Waals surface area contributed by atoms with Crippen molar-refractivity contribution in [3.8, 4) is 5.75 Å². The topological polar surface area (TPSA) is 112 Å². The van der Waals surface area contributed by atoms with Gasteiger partial charge in [-0.1, -0.05) is 0 Å². The predicted molar refractivity (Wildman–Crippen MR) is 65.3 cm³/mol. The average Bonchev–Trinajstić information content (AvgIpc) is 2.37. The maximum absolute atomic E-state index is 11.5. The zero-order chi connectivity index (χ0) is 13.9. The molecule has 1 atom stereocenters. The van der Waals surface area contributed by atoms with E-state index < -0.39 is 22.6 Å². The molecule has 1 aromatic carbocycles. The number of amides is 1. The van der Waals surface area contributed by atoms with E-state index in [1.165, 1.54) is 11.8 Å². The van der Waals surface area contributed by atoms with Crippen LogP contribution >= 0.6 is 11.8 Å². The van der Waals surface area contributed by atoms with Crippen LogP contribution in [-0.2, 0) is 9.59 Å². The molecule has 0 bridgehead atoms. The summed E-state index contributed by atoms with van der Waals surface area (Å²) < 4.78 is 0. The maximum atomic E-state index is 11.5.